The molecule has 3 heterocycles. The van der Waals surface area contributed by atoms with Crippen molar-refractivity contribution in [3.8, 4) is 5.75 Å². The number of ether oxygens (including phenoxy) is 2. The largest absolute Gasteiger partial charge is 0.494 e. The number of carbonyl (C=O) groups is 1. The average molecular weight is 500 g/mol. The maximum atomic E-state index is 13.3. The van der Waals surface area contributed by atoms with Crippen LogP contribution >= 0.6 is 11.6 Å². The molecule has 35 heavy (non-hydrogen) atoms. The van der Waals surface area contributed by atoms with Gasteiger partial charge in [-0.1, -0.05) is 23.8 Å². The van der Waals surface area contributed by atoms with Crippen molar-refractivity contribution in [2.75, 3.05) is 50.6 Å². The molecule has 10 heteroatoms. The van der Waals surface area contributed by atoms with Crippen LogP contribution in [-0.2, 0) is 9.53 Å². The zero-order valence-corrected chi connectivity index (χ0v) is 20.3. The van der Waals surface area contributed by atoms with E-state index >= 15 is 0 Å². The molecule has 1 spiro atoms. The number of halogens is 2. The number of hydrogen-bond acceptors (Lipinski definition) is 7. The van der Waals surface area contributed by atoms with E-state index in [-0.39, 0.29) is 5.02 Å². The van der Waals surface area contributed by atoms with Crippen molar-refractivity contribution in [1.82, 2.24) is 14.9 Å². The van der Waals surface area contributed by atoms with Gasteiger partial charge in [0.15, 0.2) is 0 Å². The number of rotatable bonds is 7. The van der Waals surface area contributed by atoms with E-state index in [1.165, 1.54) is 38.7 Å². The van der Waals surface area contributed by atoms with Crippen LogP contribution in [0.3, 0.4) is 0 Å². The minimum atomic E-state index is -0.503. The van der Waals surface area contributed by atoms with Gasteiger partial charge >= 0.3 is 0 Å². The highest BCUT2D eigenvalue weighted by molar-refractivity contribution is 6.31. The van der Waals surface area contributed by atoms with Gasteiger partial charge in [-0.2, -0.15) is 0 Å². The molecule has 0 bridgehead atoms. The Labute approximate surface area is 208 Å². The Balaban J connectivity index is 0.000000218. The first-order valence-corrected chi connectivity index (χ1v) is 11.5. The SMILES string of the molecule is C/C=C/CN1CC2(COC2)C1.COc1cc2ncnc(Nc3ccc(F)c(Cl)c3)c2cc1NC=O. The van der Waals surface area contributed by atoms with Crippen molar-refractivity contribution in [1.29, 1.82) is 0 Å². The molecule has 0 atom stereocenters. The number of aromatic nitrogens is 2. The zero-order chi connectivity index (χ0) is 24.8. The fraction of sp³-hybridized carbons (Fsp3) is 0.320. The van der Waals surface area contributed by atoms with Gasteiger partial charge < -0.3 is 20.1 Å². The lowest BCUT2D eigenvalue weighted by Crippen LogP contribution is -2.65. The van der Waals surface area contributed by atoms with E-state index in [4.69, 9.17) is 21.1 Å². The molecule has 0 saturated carbocycles. The predicted octanol–water partition coefficient (Wildman–Crippen LogP) is 4.64. The third-order valence-corrected chi connectivity index (χ3v) is 6.18. The number of anilines is 3. The van der Waals surface area contributed by atoms with Crippen LogP contribution in [0.4, 0.5) is 21.6 Å². The Morgan fingerprint density at radius 3 is 2.69 bits per heavy atom. The molecular weight excluding hydrogens is 473 g/mol. The van der Waals surface area contributed by atoms with Crippen LogP contribution in [-0.4, -0.2) is 61.2 Å². The molecule has 1 amide bonds. The smallest absolute Gasteiger partial charge is 0.211 e. The predicted molar refractivity (Wildman–Crippen MR) is 135 cm³/mol. The Bertz CT molecular complexity index is 1230. The summed E-state index contributed by atoms with van der Waals surface area (Å²) in [4.78, 5) is 21.6. The van der Waals surface area contributed by atoms with Crippen LogP contribution in [0.5, 0.6) is 5.75 Å². The lowest BCUT2D eigenvalue weighted by Gasteiger charge is -2.54. The highest BCUT2D eigenvalue weighted by Crippen LogP contribution is 2.37. The fourth-order valence-electron chi connectivity index (χ4n) is 4.10. The molecular formula is C25H27ClFN5O3. The molecule has 8 nitrogen and oxygen atoms in total. The third-order valence-electron chi connectivity index (χ3n) is 5.89. The molecule has 2 aromatic carbocycles. The molecule has 3 aromatic rings. The summed E-state index contributed by atoms with van der Waals surface area (Å²) in [6.45, 7) is 7.69. The van der Waals surface area contributed by atoms with Gasteiger partial charge in [0.25, 0.3) is 0 Å². The summed E-state index contributed by atoms with van der Waals surface area (Å²) in [7, 11) is 1.50. The fourth-order valence-corrected chi connectivity index (χ4v) is 4.28. The Hall–Kier alpha value is -3.27. The van der Waals surface area contributed by atoms with Crippen LogP contribution in [0.15, 0.2) is 48.8 Å². The molecule has 2 fully saturated rings. The molecule has 184 valence electrons. The number of hydrogen-bond donors (Lipinski definition) is 2. The van der Waals surface area contributed by atoms with Gasteiger partial charge in [-0.3, -0.25) is 9.69 Å². The Morgan fingerprint density at radius 1 is 1.26 bits per heavy atom. The van der Waals surface area contributed by atoms with E-state index in [1.54, 1.807) is 18.2 Å². The second kappa shape index (κ2) is 11.0. The lowest BCUT2D eigenvalue weighted by molar-refractivity contribution is -0.186. The molecule has 0 radical (unpaired) electrons. The normalized spacial score (nSPS) is 16.2. The van der Waals surface area contributed by atoms with Crippen LogP contribution in [0, 0.1) is 11.2 Å². The summed E-state index contributed by atoms with van der Waals surface area (Å²) in [5, 5.41) is 6.29. The molecule has 2 saturated heterocycles. The first-order chi connectivity index (χ1) is 17.0. The Morgan fingerprint density at radius 2 is 2.06 bits per heavy atom. The van der Waals surface area contributed by atoms with E-state index in [9.17, 15) is 9.18 Å². The number of likely N-dealkylation sites (tertiary alicyclic amines) is 1. The van der Waals surface area contributed by atoms with Gasteiger partial charge in [0.2, 0.25) is 6.41 Å². The number of carbonyl (C=O) groups excluding carboxylic acids is 1. The first-order valence-electron chi connectivity index (χ1n) is 11.1. The monoisotopic (exact) mass is 499 g/mol. The molecule has 5 rings (SSSR count). The maximum Gasteiger partial charge on any atom is 0.211 e. The molecule has 2 aliphatic heterocycles. The number of methoxy groups -OCH3 is 1. The van der Waals surface area contributed by atoms with E-state index in [0.29, 0.717) is 45.7 Å². The molecule has 0 unspecified atom stereocenters. The summed E-state index contributed by atoms with van der Waals surface area (Å²) in [6, 6.07) is 7.64. The second-order valence-electron chi connectivity index (χ2n) is 8.54. The minimum absolute atomic E-state index is 0.00309. The quantitative estimate of drug-likeness (QED) is 0.361. The topological polar surface area (TPSA) is 88.6 Å². The maximum absolute atomic E-state index is 13.3. The number of allylic oxidation sites excluding steroid dienone is 1. The summed E-state index contributed by atoms with van der Waals surface area (Å²) in [6.07, 6.45) is 6.27. The van der Waals surface area contributed by atoms with Gasteiger partial charge in [0, 0.05) is 42.2 Å². The molecule has 1 aromatic heterocycles. The number of amides is 1. The van der Waals surface area contributed by atoms with Gasteiger partial charge in [0.1, 0.15) is 23.7 Å². The van der Waals surface area contributed by atoms with Crippen molar-refractivity contribution < 1.29 is 18.7 Å². The summed E-state index contributed by atoms with van der Waals surface area (Å²) in [5.41, 5.74) is 2.26. The minimum Gasteiger partial charge on any atom is -0.494 e. The summed E-state index contributed by atoms with van der Waals surface area (Å²) < 4.78 is 23.7. The molecule has 2 N–H and O–H groups in total. The standard InChI is InChI=1S/C16H12ClFN4O2.C9H15NO/c1-24-15-6-13-10(5-14(15)21-8-23)16(20-7-19-13)22-9-2-3-12(18)11(17)4-9;1-2-3-4-10-5-9(6-10)7-11-8-9/h2-8H,1H3,(H,21,23)(H,19,20,22);2-3H,4-8H2,1H3/b;3-2+. The highest BCUT2D eigenvalue weighted by Gasteiger charge is 2.48. The number of fused-ring (bicyclic) bond motifs is 1. The summed E-state index contributed by atoms with van der Waals surface area (Å²) >= 11 is 5.79. The van der Waals surface area contributed by atoms with Gasteiger partial charge in [-0.05, 0) is 31.2 Å². The van der Waals surface area contributed by atoms with Gasteiger partial charge in [-0.15, -0.1) is 0 Å². The van der Waals surface area contributed by atoms with E-state index in [0.717, 1.165) is 19.8 Å². The Kier molecular flexibility index (Phi) is 7.80. The second-order valence-corrected chi connectivity index (χ2v) is 8.95. The van der Waals surface area contributed by atoms with Crippen molar-refractivity contribution in [3.63, 3.8) is 0 Å². The summed E-state index contributed by atoms with van der Waals surface area (Å²) in [5.74, 6) is 0.459. The van der Waals surface area contributed by atoms with Crippen molar-refractivity contribution in [2.24, 2.45) is 5.41 Å². The number of benzene rings is 2. The van der Waals surface area contributed by atoms with Crippen molar-refractivity contribution in [2.45, 2.75) is 6.92 Å². The van der Waals surface area contributed by atoms with Crippen LogP contribution < -0.4 is 15.4 Å². The number of nitrogens with one attached hydrogen (secondary N) is 2. The van der Waals surface area contributed by atoms with E-state index < -0.39 is 5.82 Å². The van der Waals surface area contributed by atoms with E-state index in [2.05, 4.69) is 44.6 Å². The average Bonchev–Trinajstić information content (AvgIpc) is 2.80. The first kappa shape index (κ1) is 24.8. The lowest BCUT2D eigenvalue weighted by atomic mass is 9.78. The zero-order valence-electron chi connectivity index (χ0n) is 19.6. The van der Waals surface area contributed by atoms with E-state index in [1.807, 2.05) is 0 Å². The third kappa shape index (κ3) is 5.70. The highest BCUT2D eigenvalue weighted by atomic mass is 35.5. The van der Waals surface area contributed by atoms with Gasteiger partial charge in [0.05, 0.1) is 36.6 Å². The van der Waals surface area contributed by atoms with Crippen LogP contribution in [0.1, 0.15) is 6.92 Å². The van der Waals surface area contributed by atoms with Crippen molar-refractivity contribution in [3.05, 3.63) is 59.7 Å². The molecule has 2 aliphatic rings. The van der Waals surface area contributed by atoms with Crippen LogP contribution in [0.2, 0.25) is 5.02 Å². The van der Waals surface area contributed by atoms with Crippen LogP contribution in [0.25, 0.3) is 10.9 Å². The molecule has 0 aliphatic carbocycles. The van der Waals surface area contributed by atoms with Crippen molar-refractivity contribution >= 4 is 46.1 Å². The van der Waals surface area contributed by atoms with Gasteiger partial charge in [-0.25, -0.2) is 14.4 Å². The number of nitrogens with zero attached hydrogens (tertiary/aromatic N) is 3.